The molecule has 3 rings (SSSR count). The van der Waals surface area contributed by atoms with Crippen LogP contribution in [0, 0.1) is 0 Å². The Morgan fingerprint density at radius 2 is 2.13 bits per heavy atom. The Labute approximate surface area is 142 Å². The molecule has 0 spiro atoms. The van der Waals surface area contributed by atoms with Gasteiger partial charge in [-0.15, -0.1) is 0 Å². The van der Waals surface area contributed by atoms with E-state index in [1.54, 1.807) is 0 Å². The summed E-state index contributed by atoms with van der Waals surface area (Å²) in [6, 6.07) is 7.54. The van der Waals surface area contributed by atoms with Crippen LogP contribution in [-0.2, 0) is 17.8 Å². The van der Waals surface area contributed by atoms with Crippen LogP contribution >= 0.6 is 11.6 Å². The summed E-state index contributed by atoms with van der Waals surface area (Å²) in [5, 5.41) is 0.681. The molecular weight excluding hydrogens is 310 g/mol. The second-order valence-electron chi connectivity index (χ2n) is 6.03. The molecule has 4 nitrogen and oxygen atoms in total. The van der Waals surface area contributed by atoms with E-state index in [1.807, 2.05) is 41.6 Å². The van der Waals surface area contributed by atoms with Gasteiger partial charge in [0.05, 0.1) is 6.42 Å². The minimum atomic E-state index is 0.185. The first-order valence-electron chi connectivity index (χ1n) is 8.20. The van der Waals surface area contributed by atoms with Crippen molar-refractivity contribution in [3.63, 3.8) is 0 Å². The van der Waals surface area contributed by atoms with Crippen LogP contribution in [0.4, 0.5) is 0 Å². The molecule has 0 saturated carbocycles. The van der Waals surface area contributed by atoms with Crippen LogP contribution < -0.4 is 0 Å². The quantitative estimate of drug-likeness (QED) is 0.860. The third-order valence-corrected chi connectivity index (χ3v) is 4.78. The molecule has 23 heavy (non-hydrogen) atoms. The standard InChI is InChI=1S/C18H22ClN3O/c1-2-21-11-8-20-18(21)15-6-9-22(10-7-15)17(23)13-14-4-3-5-16(19)12-14/h3-5,8,11-12,15H,2,6-7,9-10,13H2,1H3. The van der Waals surface area contributed by atoms with E-state index in [1.165, 1.54) is 0 Å². The molecule has 1 fully saturated rings. The molecule has 1 aliphatic heterocycles. The van der Waals surface area contributed by atoms with E-state index in [2.05, 4.69) is 16.5 Å². The second kappa shape index (κ2) is 7.18. The highest BCUT2D eigenvalue weighted by atomic mass is 35.5. The Morgan fingerprint density at radius 1 is 1.35 bits per heavy atom. The number of aromatic nitrogens is 2. The molecule has 1 aromatic carbocycles. The zero-order chi connectivity index (χ0) is 16.2. The van der Waals surface area contributed by atoms with E-state index in [0.29, 0.717) is 17.4 Å². The smallest absolute Gasteiger partial charge is 0.226 e. The minimum Gasteiger partial charge on any atom is -0.342 e. The van der Waals surface area contributed by atoms with Gasteiger partial charge in [0.2, 0.25) is 5.91 Å². The van der Waals surface area contributed by atoms with Crippen molar-refractivity contribution in [2.24, 2.45) is 0 Å². The van der Waals surface area contributed by atoms with Gasteiger partial charge >= 0.3 is 0 Å². The molecule has 1 amide bonds. The Hall–Kier alpha value is -1.81. The van der Waals surface area contributed by atoms with Crippen LogP contribution in [0.25, 0.3) is 0 Å². The number of piperidine rings is 1. The maximum atomic E-state index is 12.5. The second-order valence-corrected chi connectivity index (χ2v) is 6.47. The lowest BCUT2D eigenvalue weighted by Crippen LogP contribution is -2.39. The van der Waals surface area contributed by atoms with E-state index in [-0.39, 0.29) is 5.91 Å². The molecule has 122 valence electrons. The number of nitrogens with zero attached hydrogens (tertiary/aromatic N) is 3. The van der Waals surface area contributed by atoms with Gasteiger partial charge < -0.3 is 9.47 Å². The normalized spacial score (nSPS) is 15.8. The summed E-state index contributed by atoms with van der Waals surface area (Å²) in [6.07, 6.45) is 6.30. The van der Waals surface area contributed by atoms with Gasteiger partial charge in [0.25, 0.3) is 0 Å². The van der Waals surface area contributed by atoms with Crippen molar-refractivity contribution in [1.29, 1.82) is 0 Å². The molecular formula is C18H22ClN3O. The number of amides is 1. The van der Waals surface area contributed by atoms with Crippen LogP contribution in [-0.4, -0.2) is 33.4 Å². The summed E-state index contributed by atoms with van der Waals surface area (Å²) in [6.45, 7) is 4.69. The average Bonchev–Trinajstić information content (AvgIpc) is 3.03. The van der Waals surface area contributed by atoms with Gasteiger partial charge in [0.1, 0.15) is 5.82 Å². The average molecular weight is 332 g/mol. The molecule has 1 aromatic heterocycles. The van der Waals surface area contributed by atoms with Gasteiger partial charge in [-0.1, -0.05) is 23.7 Å². The fourth-order valence-corrected chi connectivity index (χ4v) is 3.48. The van der Waals surface area contributed by atoms with E-state index in [4.69, 9.17) is 11.6 Å². The summed E-state index contributed by atoms with van der Waals surface area (Å²) in [5.74, 6) is 1.80. The number of aryl methyl sites for hydroxylation is 1. The monoisotopic (exact) mass is 331 g/mol. The Balaban J connectivity index is 1.57. The van der Waals surface area contributed by atoms with E-state index in [0.717, 1.165) is 43.9 Å². The lowest BCUT2D eigenvalue weighted by molar-refractivity contribution is -0.131. The first-order valence-corrected chi connectivity index (χ1v) is 8.58. The summed E-state index contributed by atoms with van der Waals surface area (Å²) >= 11 is 5.98. The molecule has 2 heterocycles. The predicted molar refractivity (Wildman–Crippen MR) is 91.6 cm³/mol. The van der Waals surface area contributed by atoms with Crippen molar-refractivity contribution in [1.82, 2.24) is 14.5 Å². The molecule has 0 bridgehead atoms. The predicted octanol–water partition coefficient (Wildman–Crippen LogP) is 3.51. The summed E-state index contributed by atoms with van der Waals surface area (Å²) in [7, 11) is 0. The number of carbonyl (C=O) groups excluding carboxylic acids is 1. The van der Waals surface area contributed by atoms with Crippen molar-refractivity contribution in [2.45, 2.75) is 38.6 Å². The van der Waals surface area contributed by atoms with Crippen LogP contribution in [0.3, 0.4) is 0 Å². The van der Waals surface area contributed by atoms with Crippen molar-refractivity contribution in [2.75, 3.05) is 13.1 Å². The molecule has 2 aromatic rings. The molecule has 0 atom stereocenters. The SMILES string of the molecule is CCn1ccnc1C1CCN(C(=O)Cc2cccc(Cl)c2)CC1. The van der Waals surface area contributed by atoms with E-state index in [9.17, 15) is 4.79 Å². The van der Waals surface area contributed by atoms with Crippen LogP contribution in [0.5, 0.6) is 0 Å². The van der Waals surface area contributed by atoms with Crippen molar-refractivity contribution >= 4 is 17.5 Å². The number of imidazole rings is 1. The summed E-state index contributed by atoms with van der Waals surface area (Å²) < 4.78 is 2.20. The molecule has 0 N–H and O–H groups in total. The van der Waals surface area contributed by atoms with Gasteiger partial charge in [0, 0.05) is 43.0 Å². The fraction of sp³-hybridized carbons (Fsp3) is 0.444. The van der Waals surface area contributed by atoms with Crippen LogP contribution in [0.15, 0.2) is 36.7 Å². The van der Waals surface area contributed by atoms with E-state index < -0.39 is 0 Å². The Morgan fingerprint density at radius 3 is 2.83 bits per heavy atom. The number of rotatable bonds is 4. The molecule has 1 aliphatic rings. The fourth-order valence-electron chi connectivity index (χ4n) is 3.27. The number of carbonyl (C=O) groups is 1. The van der Waals surface area contributed by atoms with Crippen molar-refractivity contribution in [3.05, 3.63) is 53.1 Å². The number of likely N-dealkylation sites (tertiary alicyclic amines) is 1. The van der Waals surface area contributed by atoms with Crippen molar-refractivity contribution < 1.29 is 4.79 Å². The lowest BCUT2D eigenvalue weighted by Gasteiger charge is -2.32. The van der Waals surface area contributed by atoms with Crippen molar-refractivity contribution in [3.8, 4) is 0 Å². The number of hydrogen-bond acceptors (Lipinski definition) is 2. The molecule has 0 aliphatic carbocycles. The van der Waals surface area contributed by atoms with Gasteiger partial charge in [-0.3, -0.25) is 4.79 Å². The van der Waals surface area contributed by atoms with Gasteiger partial charge in [-0.05, 0) is 37.5 Å². The molecule has 0 unspecified atom stereocenters. The first kappa shape index (κ1) is 16.1. The maximum Gasteiger partial charge on any atom is 0.226 e. The van der Waals surface area contributed by atoms with Crippen LogP contribution in [0.1, 0.15) is 37.1 Å². The highest BCUT2D eigenvalue weighted by Gasteiger charge is 2.26. The largest absolute Gasteiger partial charge is 0.342 e. The maximum absolute atomic E-state index is 12.5. The zero-order valence-corrected chi connectivity index (χ0v) is 14.2. The van der Waals surface area contributed by atoms with Crippen LogP contribution in [0.2, 0.25) is 5.02 Å². The number of hydrogen-bond donors (Lipinski definition) is 0. The van der Waals surface area contributed by atoms with Gasteiger partial charge in [-0.25, -0.2) is 4.98 Å². The Bertz CT molecular complexity index is 674. The number of benzene rings is 1. The van der Waals surface area contributed by atoms with Gasteiger partial charge in [-0.2, -0.15) is 0 Å². The lowest BCUT2D eigenvalue weighted by atomic mass is 9.95. The highest BCUT2D eigenvalue weighted by Crippen LogP contribution is 2.27. The topological polar surface area (TPSA) is 38.1 Å². The molecule has 5 heteroatoms. The summed E-state index contributed by atoms with van der Waals surface area (Å²) in [4.78, 5) is 18.9. The van der Waals surface area contributed by atoms with E-state index >= 15 is 0 Å². The highest BCUT2D eigenvalue weighted by molar-refractivity contribution is 6.30. The summed E-state index contributed by atoms with van der Waals surface area (Å²) in [5.41, 5.74) is 0.978. The molecule has 0 radical (unpaired) electrons. The minimum absolute atomic E-state index is 0.185. The third-order valence-electron chi connectivity index (χ3n) is 4.55. The third kappa shape index (κ3) is 3.75. The first-order chi connectivity index (χ1) is 11.2. The Kier molecular flexibility index (Phi) is 5.01. The molecule has 1 saturated heterocycles. The zero-order valence-electron chi connectivity index (χ0n) is 13.4. The van der Waals surface area contributed by atoms with Gasteiger partial charge in [0.15, 0.2) is 0 Å². The number of halogens is 1.